The van der Waals surface area contributed by atoms with Crippen molar-refractivity contribution in [3.05, 3.63) is 10.6 Å². The smallest absolute Gasteiger partial charge is 0.347 e. The number of aromatic nitrogens is 1. The molecule has 0 saturated carbocycles. The van der Waals surface area contributed by atoms with Gasteiger partial charge >= 0.3 is 5.97 Å². The van der Waals surface area contributed by atoms with Crippen LogP contribution in [0.2, 0.25) is 0 Å². The van der Waals surface area contributed by atoms with Gasteiger partial charge in [-0.15, -0.1) is 0 Å². The zero-order valence-corrected chi connectivity index (χ0v) is 12.3. The maximum Gasteiger partial charge on any atom is 0.347 e. The number of thiazole rings is 1. The Hall–Kier alpha value is -1.43. The highest BCUT2D eigenvalue weighted by molar-refractivity contribution is 7.17. The standard InChI is InChI=1S/C13H20N2O3S/c1-4-5-6-9-11(12(17)18)19-13(14-9)15-10(16)7-8(2)3/h8H,4-7H2,1-3H3,(H,17,18)(H,14,15,16). The molecule has 0 aromatic carbocycles. The van der Waals surface area contributed by atoms with Gasteiger partial charge in [-0.25, -0.2) is 9.78 Å². The van der Waals surface area contributed by atoms with E-state index in [0.29, 0.717) is 23.7 Å². The number of rotatable bonds is 7. The summed E-state index contributed by atoms with van der Waals surface area (Å²) in [7, 11) is 0. The molecule has 2 N–H and O–H groups in total. The molecule has 0 aliphatic carbocycles. The van der Waals surface area contributed by atoms with E-state index in [1.807, 2.05) is 20.8 Å². The number of carbonyl (C=O) groups is 2. The van der Waals surface area contributed by atoms with Crippen molar-refractivity contribution in [2.24, 2.45) is 5.92 Å². The largest absolute Gasteiger partial charge is 0.477 e. The van der Waals surface area contributed by atoms with Gasteiger partial charge in [-0.3, -0.25) is 4.79 Å². The number of aromatic carboxylic acids is 1. The molecular weight excluding hydrogens is 264 g/mol. The van der Waals surface area contributed by atoms with Crippen molar-refractivity contribution in [2.45, 2.75) is 46.5 Å². The summed E-state index contributed by atoms with van der Waals surface area (Å²) in [5.41, 5.74) is 0.569. The molecule has 1 aromatic rings. The minimum Gasteiger partial charge on any atom is -0.477 e. The van der Waals surface area contributed by atoms with E-state index in [9.17, 15) is 9.59 Å². The molecular formula is C13H20N2O3S. The van der Waals surface area contributed by atoms with E-state index in [2.05, 4.69) is 10.3 Å². The molecule has 1 heterocycles. The summed E-state index contributed by atoms with van der Waals surface area (Å²) in [6.45, 7) is 5.95. The topological polar surface area (TPSA) is 79.3 Å². The molecule has 0 radical (unpaired) electrons. The summed E-state index contributed by atoms with van der Waals surface area (Å²) in [5, 5.41) is 12.2. The van der Waals surface area contributed by atoms with Gasteiger partial charge in [0.2, 0.25) is 5.91 Å². The maximum atomic E-state index is 11.6. The highest BCUT2D eigenvalue weighted by Crippen LogP contribution is 2.24. The van der Waals surface area contributed by atoms with E-state index in [0.717, 1.165) is 24.2 Å². The minimum absolute atomic E-state index is 0.122. The predicted octanol–water partition coefficient (Wildman–Crippen LogP) is 3.17. The van der Waals surface area contributed by atoms with Crippen LogP contribution in [0.1, 0.15) is 55.4 Å². The number of hydrogen-bond donors (Lipinski definition) is 2. The molecule has 0 atom stereocenters. The molecule has 0 aliphatic heterocycles. The lowest BCUT2D eigenvalue weighted by molar-refractivity contribution is -0.116. The lowest BCUT2D eigenvalue weighted by atomic mass is 10.1. The summed E-state index contributed by atoms with van der Waals surface area (Å²) in [4.78, 5) is 27.2. The third-order valence-corrected chi connectivity index (χ3v) is 3.50. The van der Waals surface area contributed by atoms with E-state index in [4.69, 9.17) is 5.11 Å². The van der Waals surface area contributed by atoms with Crippen molar-refractivity contribution in [3.8, 4) is 0 Å². The first-order valence-corrected chi connectivity index (χ1v) is 7.28. The van der Waals surface area contributed by atoms with E-state index in [-0.39, 0.29) is 16.7 Å². The second-order valence-corrected chi connectivity index (χ2v) is 5.85. The summed E-state index contributed by atoms with van der Waals surface area (Å²) in [6.07, 6.45) is 2.91. The van der Waals surface area contributed by atoms with Crippen molar-refractivity contribution in [1.82, 2.24) is 4.98 Å². The number of nitrogens with zero attached hydrogens (tertiary/aromatic N) is 1. The molecule has 0 unspecified atom stereocenters. The van der Waals surface area contributed by atoms with Crippen LogP contribution in [-0.4, -0.2) is 22.0 Å². The van der Waals surface area contributed by atoms with Gasteiger partial charge in [0, 0.05) is 6.42 Å². The molecule has 0 aliphatic rings. The van der Waals surface area contributed by atoms with Crippen molar-refractivity contribution in [3.63, 3.8) is 0 Å². The van der Waals surface area contributed by atoms with Gasteiger partial charge in [-0.2, -0.15) is 0 Å². The zero-order chi connectivity index (χ0) is 14.4. The SMILES string of the molecule is CCCCc1nc(NC(=O)CC(C)C)sc1C(=O)O. The second-order valence-electron chi connectivity index (χ2n) is 4.85. The first-order chi connectivity index (χ1) is 8.93. The van der Waals surface area contributed by atoms with E-state index in [1.165, 1.54) is 0 Å². The highest BCUT2D eigenvalue weighted by Gasteiger charge is 2.18. The average Bonchev–Trinajstić information content (AvgIpc) is 2.68. The summed E-state index contributed by atoms with van der Waals surface area (Å²) < 4.78 is 0. The van der Waals surface area contributed by atoms with Gasteiger partial charge in [0.1, 0.15) is 4.88 Å². The van der Waals surface area contributed by atoms with E-state index >= 15 is 0 Å². The van der Waals surface area contributed by atoms with Crippen LogP contribution in [-0.2, 0) is 11.2 Å². The van der Waals surface area contributed by atoms with Gasteiger partial charge in [0.25, 0.3) is 0 Å². The maximum absolute atomic E-state index is 11.6. The Bertz CT molecular complexity index is 455. The van der Waals surface area contributed by atoms with Gasteiger partial charge in [-0.1, -0.05) is 38.5 Å². The second kappa shape index (κ2) is 7.23. The third-order valence-electron chi connectivity index (χ3n) is 2.50. The molecule has 0 fully saturated rings. The van der Waals surface area contributed by atoms with Gasteiger partial charge in [0.05, 0.1) is 5.69 Å². The normalized spacial score (nSPS) is 10.7. The van der Waals surface area contributed by atoms with Crippen LogP contribution in [0.3, 0.4) is 0 Å². The number of anilines is 1. The molecule has 0 spiro atoms. The minimum atomic E-state index is -0.979. The van der Waals surface area contributed by atoms with Crippen LogP contribution in [0.4, 0.5) is 5.13 Å². The van der Waals surface area contributed by atoms with Crippen LogP contribution in [0, 0.1) is 5.92 Å². The van der Waals surface area contributed by atoms with Crippen LogP contribution in [0.15, 0.2) is 0 Å². The molecule has 6 heteroatoms. The first kappa shape index (κ1) is 15.6. The monoisotopic (exact) mass is 284 g/mol. The fourth-order valence-corrected chi connectivity index (χ4v) is 2.49. The Labute approximate surface area is 117 Å². The predicted molar refractivity (Wildman–Crippen MR) is 75.8 cm³/mol. The highest BCUT2D eigenvalue weighted by atomic mass is 32.1. The number of nitrogens with one attached hydrogen (secondary N) is 1. The van der Waals surface area contributed by atoms with Gasteiger partial charge in [-0.05, 0) is 18.8 Å². The number of carboxylic acids is 1. The number of aryl methyl sites for hydroxylation is 1. The summed E-state index contributed by atoms with van der Waals surface area (Å²) in [6, 6.07) is 0. The zero-order valence-electron chi connectivity index (χ0n) is 11.5. The van der Waals surface area contributed by atoms with Crippen molar-refractivity contribution < 1.29 is 14.7 Å². The first-order valence-electron chi connectivity index (χ1n) is 6.46. The van der Waals surface area contributed by atoms with Crippen molar-refractivity contribution >= 4 is 28.3 Å². The molecule has 1 amide bonds. The fourth-order valence-electron chi connectivity index (χ4n) is 1.63. The van der Waals surface area contributed by atoms with Crippen LogP contribution >= 0.6 is 11.3 Å². The molecule has 1 aromatic heterocycles. The van der Waals surface area contributed by atoms with E-state index < -0.39 is 5.97 Å². The molecule has 1 rings (SSSR count). The number of carboxylic acid groups (broad SMARTS) is 1. The van der Waals surface area contributed by atoms with Crippen molar-refractivity contribution in [1.29, 1.82) is 0 Å². The molecule has 5 nitrogen and oxygen atoms in total. The fraction of sp³-hybridized carbons (Fsp3) is 0.615. The average molecular weight is 284 g/mol. The lowest BCUT2D eigenvalue weighted by Crippen LogP contribution is -2.13. The van der Waals surface area contributed by atoms with Crippen molar-refractivity contribution in [2.75, 3.05) is 5.32 Å². The quantitative estimate of drug-likeness (QED) is 0.806. The number of unbranched alkanes of at least 4 members (excludes halogenated alkanes) is 1. The summed E-state index contributed by atoms with van der Waals surface area (Å²) in [5.74, 6) is -0.839. The van der Waals surface area contributed by atoms with Crippen LogP contribution in [0.25, 0.3) is 0 Å². The Balaban J connectivity index is 2.79. The van der Waals surface area contributed by atoms with Crippen LogP contribution in [0.5, 0.6) is 0 Å². The molecule has 0 bridgehead atoms. The third kappa shape index (κ3) is 4.98. The Morgan fingerprint density at radius 2 is 2.11 bits per heavy atom. The number of amides is 1. The van der Waals surface area contributed by atoms with Gasteiger partial charge < -0.3 is 10.4 Å². The van der Waals surface area contributed by atoms with E-state index in [1.54, 1.807) is 0 Å². The molecule has 0 saturated heterocycles. The van der Waals surface area contributed by atoms with Crippen LogP contribution < -0.4 is 5.32 Å². The Morgan fingerprint density at radius 3 is 2.63 bits per heavy atom. The molecule has 106 valence electrons. The number of carbonyl (C=O) groups excluding carboxylic acids is 1. The Kier molecular flexibility index (Phi) is 5.95. The lowest BCUT2D eigenvalue weighted by Gasteiger charge is -2.03. The van der Waals surface area contributed by atoms with Gasteiger partial charge in [0.15, 0.2) is 5.13 Å². The summed E-state index contributed by atoms with van der Waals surface area (Å²) >= 11 is 1.03. The number of hydrogen-bond acceptors (Lipinski definition) is 4. The molecule has 19 heavy (non-hydrogen) atoms. The Morgan fingerprint density at radius 1 is 1.42 bits per heavy atom.